The first-order chi connectivity index (χ1) is 13.1. The van der Waals surface area contributed by atoms with Crippen molar-refractivity contribution >= 4 is 40.5 Å². The Morgan fingerprint density at radius 3 is 2.48 bits per heavy atom. The lowest BCUT2D eigenvalue weighted by Crippen LogP contribution is -2.33. The molecule has 0 atom stereocenters. The van der Waals surface area contributed by atoms with E-state index in [9.17, 15) is 14.9 Å². The summed E-state index contributed by atoms with van der Waals surface area (Å²) in [5, 5.41) is 12.4. The average molecular weight is 396 g/mol. The molecule has 0 unspecified atom stereocenters. The first-order valence-corrected chi connectivity index (χ1v) is 9.16. The van der Waals surface area contributed by atoms with E-state index < -0.39 is 5.91 Å². The molecule has 2 aromatic carbocycles. The van der Waals surface area contributed by atoms with E-state index in [4.69, 9.17) is 11.6 Å². The van der Waals surface area contributed by atoms with Gasteiger partial charge >= 0.3 is 0 Å². The average Bonchev–Trinajstić information content (AvgIpc) is 3.00. The van der Waals surface area contributed by atoms with Crippen LogP contribution in [0.1, 0.15) is 5.56 Å². The van der Waals surface area contributed by atoms with Crippen molar-refractivity contribution in [2.24, 2.45) is 0 Å². The van der Waals surface area contributed by atoms with Crippen LogP contribution in [0.4, 0.5) is 0 Å². The number of carbonyl (C=O) groups excluding carboxylic acids is 1. The number of thiazole rings is 1. The maximum absolute atomic E-state index is 13.1. The number of carbonyl (C=O) groups is 1. The second-order valence-corrected chi connectivity index (χ2v) is 6.92. The number of rotatable bonds is 3. The third-order valence-electron chi connectivity index (χ3n) is 3.81. The number of para-hydroxylation sites is 1. The minimum atomic E-state index is -0.548. The van der Waals surface area contributed by atoms with Gasteiger partial charge in [0, 0.05) is 12.1 Å². The Balaban J connectivity index is 2.44. The lowest BCUT2D eigenvalue weighted by atomic mass is 10.2. The fraction of sp³-hybridized carbons (Fsp3) is 0.0500. The van der Waals surface area contributed by atoms with E-state index in [1.165, 1.54) is 11.6 Å². The third kappa shape index (κ3) is 3.70. The highest BCUT2D eigenvalue weighted by molar-refractivity contribution is 7.07. The molecule has 134 valence electrons. The summed E-state index contributed by atoms with van der Waals surface area (Å²) in [7, 11) is 1.44. The molecule has 0 spiro atoms. The summed E-state index contributed by atoms with van der Waals surface area (Å²) in [4.78, 5) is 25.2. The Labute approximate surface area is 164 Å². The van der Waals surface area contributed by atoms with Crippen LogP contribution in [0.2, 0.25) is 5.02 Å². The molecule has 5 nitrogen and oxygen atoms in total. The Hall–Kier alpha value is -3.14. The molecule has 3 aromatic rings. The van der Waals surface area contributed by atoms with Crippen molar-refractivity contribution in [3.05, 3.63) is 84.7 Å². The van der Waals surface area contributed by atoms with Crippen LogP contribution in [-0.2, 0) is 4.79 Å². The smallest absolute Gasteiger partial charge is 0.273 e. The molecule has 0 bridgehead atoms. The fourth-order valence-corrected chi connectivity index (χ4v) is 3.80. The minimum absolute atomic E-state index is 0.123. The maximum atomic E-state index is 13.1. The van der Waals surface area contributed by atoms with Crippen molar-refractivity contribution < 1.29 is 4.79 Å². The molecule has 0 radical (unpaired) electrons. The zero-order valence-electron chi connectivity index (χ0n) is 14.3. The SMILES string of the molecule is CNC(=O)/C(C#N)=c1/s/c(=C/c2ccccc2Cl)c(=O)n1-c1ccccc1. The number of benzene rings is 2. The summed E-state index contributed by atoms with van der Waals surface area (Å²) in [5.41, 5.74) is 0.812. The molecule has 0 saturated heterocycles. The molecule has 1 amide bonds. The molecule has 3 rings (SSSR count). The van der Waals surface area contributed by atoms with Gasteiger partial charge in [-0.15, -0.1) is 11.3 Å². The molecule has 0 saturated carbocycles. The van der Waals surface area contributed by atoms with E-state index in [0.29, 0.717) is 20.8 Å². The van der Waals surface area contributed by atoms with Crippen LogP contribution < -0.4 is 20.1 Å². The molecule has 0 aliphatic heterocycles. The van der Waals surface area contributed by atoms with Gasteiger partial charge in [0.25, 0.3) is 11.5 Å². The van der Waals surface area contributed by atoms with Crippen LogP contribution in [0, 0.1) is 11.3 Å². The van der Waals surface area contributed by atoms with Crippen molar-refractivity contribution in [2.75, 3.05) is 7.05 Å². The van der Waals surface area contributed by atoms with Gasteiger partial charge in [-0.2, -0.15) is 5.26 Å². The molecule has 27 heavy (non-hydrogen) atoms. The third-order valence-corrected chi connectivity index (χ3v) is 5.25. The summed E-state index contributed by atoms with van der Waals surface area (Å²) in [6.45, 7) is 0. The van der Waals surface area contributed by atoms with Crippen molar-refractivity contribution in [2.45, 2.75) is 0 Å². The van der Waals surface area contributed by atoms with Crippen LogP contribution in [0.25, 0.3) is 17.3 Å². The van der Waals surface area contributed by atoms with Crippen molar-refractivity contribution in [1.29, 1.82) is 5.26 Å². The number of hydrogen-bond donors (Lipinski definition) is 1. The van der Waals surface area contributed by atoms with E-state index in [1.54, 1.807) is 48.5 Å². The predicted molar refractivity (Wildman–Crippen MR) is 107 cm³/mol. The lowest BCUT2D eigenvalue weighted by molar-refractivity contribution is -0.115. The molecule has 1 heterocycles. The Morgan fingerprint density at radius 1 is 1.19 bits per heavy atom. The zero-order chi connectivity index (χ0) is 19.4. The highest BCUT2D eigenvalue weighted by Gasteiger charge is 2.15. The van der Waals surface area contributed by atoms with Gasteiger partial charge in [-0.25, -0.2) is 0 Å². The minimum Gasteiger partial charge on any atom is -0.354 e. The summed E-state index contributed by atoms with van der Waals surface area (Å²) < 4.78 is 2.02. The molecular weight excluding hydrogens is 382 g/mol. The van der Waals surface area contributed by atoms with Crippen molar-refractivity contribution in [3.63, 3.8) is 0 Å². The molecular formula is C20H14ClN3O2S. The highest BCUT2D eigenvalue weighted by Crippen LogP contribution is 2.15. The summed E-state index contributed by atoms with van der Waals surface area (Å²) >= 11 is 7.27. The number of aromatic nitrogens is 1. The summed E-state index contributed by atoms with van der Waals surface area (Å²) in [5.74, 6) is -0.548. The Morgan fingerprint density at radius 2 is 1.85 bits per heavy atom. The lowest BCUT2D eigenvalue weighted by Gasteiger charge is -2.02. The number of nitriles is 1. The summed E-state index contributed by atoms with van der Waals surface area (Å²) in [6, 6.07) is 17.9. The summed E-state index contributed by atoms with van der Waals surface area (Å²) in [6.07, 6.45) is 1.66. The van der Waals surface area contributed by atoms with Gasteiger partial charge in [0.05, 0.1) is 10.2 Å². The molecule has 1 N–H and O–H groups in total. The van der Waals surface area contributed by atoms with E-state index >= 15 is 0 Å². The van der Waals surface area contributed by atoms with Gasteiger partial charge < -0.3 is 5.32 Å². The number of nitrogens with one attached hydrogen (secondary N) is 1. The van der Waals surface area contributed by atoms with Gasteiger partial charge in [-0.05, 0) is 29.8 Å². The van der Waals surface area contributed by atoms with E-state index in [1.807, 2.05) is 18.2 Å². The zero-order valence-corrected chi connectivity index (χ0v) is 15.8. The first-order valence-electron chi connectivity index (χ1n) is 7.97. The van der Waals surface area contributed by atoms with Gasteiger partial charge in [-0.1, -0.05) is 48.0 Å². The predicted octanol–water partition coefficient (Wildman–Crippen LogP) is 1.80. The van der Waals surface area contributed by atoms with Crippen molar-refractivity contribution in [1.82, 2.24) is 9.88 Å². The second kappa shape index (κ2) is 8.04. The Kier molecular flexibility index (Phi) is 5.55. The maximum Gasteiger partial charge on any atom is 0.273 e. The largest absolute Gasteiger partial charge is 0.354 e. The second-order valence-electron chi connectivity index (χ2n) is 5.48. The number of hydrogen-bond acceptors (Lipinski definition) is 4. The highest BCUT2D eigenvalue weighted by atomic mass is 35.5. The van der Waals surface area contributed by atoms with Crippen molar-refractivity contribution in [3.8, 4) is 11.8 Å². The molecule has 0 fully saturated rings. The van der Waals surface area contributed by atoms with Gasteiger partial charge in [0.1, 0.15) is 10.7 Å². The van der Waals surface area contributed by atoms with Gasteiger partial charge in [-0.3, -0.25) is 14.2 Å². The molecule has 0 aliphatic carbocycles. The molecule has 0 aliphatic rings. The fourth-order valence-electron chi connectivity index (χ4n) is 2.52. The van der Waals surface area contributed by atoms with Crippen LogP contribution in [0.15, 0.2) is 59.4 Å². The van der Waals surface area contributed by atoms with Gasteiger partial charge in [0.15, 0.2) is 5.57 Å². The number of amides is 1. The van der Waals surface area contributed by atoms with E-state index in [2.05, 4.69) is 5.32 Å². The molecule has 7 heteroatoms. The standard InChI is InChI=1S/C20H14ClN3O2S/c1-23-18(25)15(12-22)20-24(14-8-3-2-4-9-14)19(26)17(27-20)11-13-7-5-6-10-16(13)21/h2-11H,1H3,(H,23,25)/b17-11+,20-15+. The Bertz CT molecular complexity index is 1220. The topological polar surface area (TPSA) is 74.9 Å². The van der Waals surface area contributed by atoms with Crippen LogP contribution in [0.5, 0.6) is 0 Å². The molecule has 1 aromatic heterocycles. The quantitative estimate of drug-likeness (QED) is 0.734. The van der Waals surface area contributed by atoms with Crippen LogP contribution in [0.3, 0.4) is 0 Å². The monoisotopic (exact) mass is 395 g/mol. The van der Waals surface area contributed by atoms with E-state index in [-0.39, 0.29) is 15.8 Å². The normalized spacial score (nSPS) is 12.4. The van der Waals surface area contributed by atoms with Crippen LogP contribution in [-0.4, -0.2) is 17.5 Å². The van der Waals surface area contributed by atoms with Gasteiger partial charge in [0.2, 0.25) is 0 Å². The van der Waals surface area contributed by atoms with E-state index in [0.717, 1.165) is 11.3 Å². The first kappa shape index (κ1) is 18.6. The van der Waals surface area contributed by atoms with Crippen LogP contribution >= 0.6 is 22.9 Å². The number of halogens is 1. The number of nitrogens with zero attached hydrogens (tertiary/aromatic N) is 2.